The van der Waals surface area contributed by atoms with Gasteiger partial charge < -0.3 is 0 Å². The van der Waals surface area contributed by atoms with Crippen molar-refractivity contribution in [1.29, 1.82) is 0 Å². The van der Waals surface area contributed by atoms with Crippen LogP contribution in [0.15, 0.2) is 91.3 Å². The lowest BCUT2D eigenvalue weighted by Crippen LogP contribution is -1.99. The maximum Gasteiger partial charge on any atom is 0.173 e. The zero-order valence-electron chi connectivity index (χ0n) is 17.3. The number of benzene rings is 3. The number of halogens is 1. The second kappa shape index (κ2) is 7.32. The highest BCUT2D eigenvalue weighted by Gasteiger charge is 2.25. The third-order valence-corrected chi connectivity index (χ3v) is 5.98. The van der Waals surface area contributed by atoms with Crippen molar-refractivity contribution < 1.29 is 0 Å². The quantitative estimate of drug-likeness (QED) is 0.324. The number of hydrogen-bond donors (Lipinski definition) is 0. The molecule has 32 heavy (non-hydrogen) atoms. The Hall–Kier alpha value is -3.96. The Morgan fingerprint density at radius 3 is 2.06 bits per heavy atom. The molecule has 0 radical (unpaired) electrons. The molecule has 6 aromatic rings. The molecule has 3 aromatic heterocycles. The van der Waals surface area contributed by atoms with Gasteiger partial charge in [-0.05, 0) is 42.3 Å². The van der Waals surface area contributed by atoms with E-state index >= 15 is 0 Å². The molecule has 0 fully saturated rings. The van der Waals surface area contributed by atoms with E-state index < -0.39 is 0 Å². The molecular weight excluding hydrogens is 418 g/mol. The summed E-state index contributed by atoms with van der Waals surface area (Å²) < 4.78 is 4.13. The van der Waals surface area contributed by atoms with Crippen LogP contribution in [0.1, 0.15) is 5.82 Å². The van der Waals surface area contributed by atoms with Gasteiger partial charge in [0.1, 0.15) is 12.2 Å². The van der Waals surface area contributed by atoms with E-state index in [2.05, 4.69) is 63.3 Å². The number of aryl methyl sites for hydroxylation is 1. The molecule has 0 aliphatic heterocycles. The Balaban J connectivity index is 1.86. The monoisotopic (exact) mass is 435 g/mol. The van der Waals surface area contributed by atoms with Gasteiger partial charge in [0.2, 0.25) is 0 Å². The number of hydrogen-bond acceptors (Lipinski definition) is 3. The maximum absolute atomic E-state index is 6.21. The third kappa shape index (κ3) is 2.82. The Labute approximate surface area is 189 Å². The number of aromatic nitrogens is 5. The van der Waals surface area contributed by atoms with E-state index in [0.717, 1.165) is 50.6 Å². The Bertz CT molecular complexity index is 1570. The fraction of sp³-hybridized carbons (Fsp3) is 0.0385. The van der Waals surface area contributed by atoms with Gasteiger partial charge in [-0.25, -0.2) is 4.98 Å². The molecule has 0 aliphatic rings. The number of rotatable bonds is 3. The molecule has 3 heterocycles. The zero-order chi connectivity index (χ0) is 21.7. The van der Waals surface area contributed by atoms with Crippen LogP contribution in [0.5, 0.6) is 0 Å². The van der Waals surface area contributed by atoms with Gasteiger partial charge in [-0.3, -0.25) is 8.97 Å². The standard InChI is InChI=1S/C26H18ClN5/c1-17-29-30-26-23-22(18-8-4-2-5-9-18)24(19-10-6-3-7-11-19)32(25(23)28-16-31(17)26)21-14-12-20(27)13-15-21/h2-16H,1H3. The molecule has 0 saturated carbocycles. The van der Waals surface area contributed by atoms with Crippen LogP contribution in [-0.2, 0) is 0 Å². The van der Waals surface area contributed by atoms with Crippen LogP contribution in [0.25, 0.3) is 44.8 Å². The van der Waals surface area contributed by atoms with Crippen molar-refractivity contribution in [1.82, 2.24) is 24.1 Å². The molecule has 5 nitrogen and oxygen atoms in total. The van der Waals surface area contributed by atoms with Crippen LogP contribution in [0.3, 0.4) is 0 Å². The van der Waals surface area contributed by atoms with Crippen molar-refractivity contribution in [2.75, 3.05) is 0 Å². The number of fused-ring (bicyclic) bond motifs is 3. The second-order valence-electron chi connectivity index (χ2n) is 7.65. The minimum Gasteiger partial charge on any atom is -0.293 e. The molecule has 0 aliphatic carbocycles. The molecule has 0 N–H and O–H groups in total. The van der Waals surface area contributed by atoms with Crippen molar-refractivity contribution in [3.8, 4) is 28.1 Å². The molecule has 0 amide bonds. The summed E-state index contributed by atoms with van der Waals surface area (Å²) in [5.41, 5.74) is 6.91. The molecule has 154 valence electrons. The first-order valence-electron chi connectivity index (χ1n) is 10.3. The van der Waals surface area contributed by atoms with E-state index in [4.69, 9.17) is 16.6 Å². The van der Waals surface area contributed by atoms with Gasteiger partial charge in [0.05, 0.1) is 11.1 Å². The first kappa shape index (κ1) is 18.8. The highest BCUT2D eigenvalue weighted by Crippen LogP contribution is 2.43. The summed E-state index contributed by atoms with van der Waals surface area (Å²) >= 11 is 6.21. The molecule has 3 aromatic carbocycles. The fourth-order valence-electron chi connectivity index (χ4n) is 4.28. The minimum atomic E-state index is 0.693. The molecule has 0 spiro atoms. The molecule has 0 unspecified atom stereocenters. The van der Waals surface area contributed by atoms with Crippen LogP contribution in [0, 0.1) is 6.92 Å². The molecule has 6 heteroatoms. The van der Waals surface area contributed by atoms with Gasteiger partial charge >= 0.3 is 0 Å². The first-order chi connectivity index (χ1) is 15.7. The maximum atomic E-state index is 6.21. The molecule has 0 atom stereocenters. The Morgan fingerprint density at radius 1 is 0.719 bits per heavy atom. The fourth-order valence-corrected chi connectivity index (χ4v) is 4.41. The van der Waals surface area contributed by atoms with Crippen molar-refractivity contribution in [3.63, 3.8) is 0 Å². The van der Waals surface area contributed by atoms with Crippen molar-refractivity contribution in [2.24, 2.45) is 0 Å². The molecule has 6 rings (SSSR count). The lowest BCUT2D eigenvalue weighted by molar-refractivity contribution is 0.982. The summed E-state index contributed by atoms with van der Waals surface area (Å²) in [7, 11) is 0. The van der Waals surface area contributed by atoms with Crippen LogP contribution in [-0.4, -0.2) is 24.1 Å². The average molecular weight is 436 g/mol. The van der Waals surface area contributed by atoms with Gasteiger partial charge in [0, 0.05) is 16.3 Å². The predicted molar refractivity (Wildman–Crippen MR) is 128 cm³/mol. The van der Waals surface area contributed by atoms with E-state index in [1.54, 1.807) is 6.33 Å². The Kier molecular flexibility index (Phi) is 4.30. The van der Waals surface area contributed by atoms with Gasteiger partial charge in [-0.2, -0.15) is 0 Å². The minimum absolute atomic E-state index is 0.693. The summed E-state index contributed by atoms with van der Waals surface area (Å²) in [4.78, 5) is 4.89. The van der Waals surface area contributed by atoms with Gasteiger partial charge in [-0.15, -0.1) is 10.2 Å². The smallest absolute Gasteiger partial charge is 0.173 e. The van der Waals surface area contributed by atoms with E-state index in [1.807, 2.05) is 47.7 Å². The van der Waals surface area contributed by atoms with Crippen molar-refractivity contribution >= 4 is 28.3 Å². The SMILES string of the molecule is Cc1nnc2c3c(-c4ccccc4)c(-c4ccccc4)n(-c4ccc(Cl)cc4)c3ncn12. The summed E-state index contributed by atoms with van der Waals surface area (Å²) in [6, 6.07) is 28.6. The normalized spacial score (nSPS) is 11.4. The Morgan fingerprint density at radius 2 is 1.38 bits per heavy atom. The highest BCUT2D eigenvalue weighted by atomic mass is 35.5. The topological polar surface area (TPSA) is 48.0 Å². The van der Waals surface area contributed by atoms with Gasteiger partial charge in [0.15, 0.2) is 11.3 Å². The molecular formula is C26H18ClN5. The largest absolute Gasteiger partial charge is 0.293 e. The molecule has 0 bridgehead atoms. The average Bonchev–Trinajstić information content (AvgIpc) is 3.39. The summed E-state index contributed by atoms with van der Waals surface area (Å²) in [5.74, 6) is 0.800. The van der Waals surface area contributed by atoms with Crippen molar-refractivity contribution in [2.45, 2.75) is 6.92 Å². The predicted octanol–water partition coefficient (Wildman–Crippen LogP) is 6.36. The number of nitrogens with zero attached hydrogens (tertiary/aromatic N) is 5. The van der Waals surface area contributed by atoms with Crippen LogP contribution in [0.2, 0.25) is 5.02 Å². The zero-order valence-corrected chi connectivity index (χ0v) is 18.0. The summed E-state index contributed by atoms with van der Waals surface area (Å²) in [6.45, 7) is 1.93. The lowest BCUT2D eigenvalue weighted by Gasteiger charge is -2.13. The summed E-state index contributed by atoms with van der Waals surface area (Å²) in [6.07, 6.45) is 1.79. The highest BCUT2D eigenvalue weighted by molar-refractivity contribution is 6.30. The van der Waals surface area contributed by atoms with E-state index in [9.17, 15) is 0 Å². The van der Waals surface area contributed by atoms with Crippen LogP contribution >= 0.6 is 11.6 Å². The van der Waals surface area contributed by atoms with E-state index in [-0.39, 0.29) is 0 Å². The molecule has 0 saturated heterocycles. The second-order valence-corrected chi connectivity index (χ2v) is 8.09. The summed E-state index contributed by atoms with van der Waals surface area (Å²) in [5, 5.41) is 10.5. The van der Waals surface area contributed by atoms with E-state index in [0.29, 0.717) is 5.02 Å². The lowest BCUT2D eigenvalue weighted by atomic mass is 9.99. The first-order valence-corrected chi connectivity index (χ1v) is 10.7. The van der Waals surface area contributed by atoms with Crippen LogP contribution in [0.4, 0.5) is 0 Å². The van der Waals surface area contributed by atoms with E-state index in [1.165, 1.54) is 0 Å². The van der Waals surface area contributed by atoms with Gasteiger partial charge in [-0.1, -0.05) is 72.3 Å². The van der Waals surface area contributed by atoms with Crippen LogP contribution < -0.4 is 0 Å². The van der Waals surface area contributed by atoms with Crippen molar-refractivity contribution in [3.05, 3.63) is 102 Å². The van der Waals surface area contributed by atoms with Gasteiger partial charge in [0.25, 0.3) is 0 Å². The third-order valence-electron chi connectivity index (χ3n) is 5.73.